The fourth-order valence-electron chi connectivity index (χ4n) is 1.51. The second kappa shape index (κ2) is 7.21. The average molecular weight is 313 g/mol. The quantitative estimate of drug-likeness (QED) is 0.796. The monoisotopic (exact) mass is 313 g/mol. The molecule has 0 radical (unpaired) electrons. The third-order valence-electron chi connectivity index (χ3n) is 2.72. The van der Waals surface area contributed by atoms with Crippen LogP contribution in [0.1, 0.15) is 30.6 Å². The molecule has 0 spiro atoms. The van der Waals surface area contributed by atoms with Crippen LogP contribution in [-0.2, 0) is 19.4 Å². The number of amides is 1. The molecule has 0 bridgehead atoms. The number of carbonyl (C=O) groups excluding carboxylic acids is 2. The SMILES string of the molecule is CCCNC(=O)[C@@H](C)OC(=O)c1ccc(S(C)(=O)=O)cc1. The molecule has 0 heterocycles. The summed E-state index contributed by atoms with van der Waals surface area (Å²) in [6.07, 6.45) is 0.971. The summed E-state index contributed by atoms with van der Waals surface area (Å²) in [5, 5.41) is 2.62. The minimum absolute atomic E-state index is 0.118. The lowest BCUT2D eigenvalue weighted by Gasteiger charge is -2.13. The number of hydrogen-bond donors (Lipinski definition) is 1. The van der Waals surface area contributed by atoms with Crippen LogP contribution in [0.4, 0.5) is 0 Å². The van der Waals surface area contributed by atoms with E-state index in [1.807, 2.05) is 6.92 Å². The summed E-state index contributed by atoms with van der Waals surface area (Å²) in [5.74, 6) is -1.04. The molecular formula is C14H19NO5S. The predicted molar refractivity (Wildman–Crippen MR) is 77.7 cm³/mol. The van der Waals surface area contributed by atoms with Gasteiger partial charge in [-0.25, -0.2) is 13.2 Å². The summed E-state index contributed by atoms with van der Waals surface area (Å²) >= 11 is 0. The Morgan fingerprint density at radius 2 is 1.81 bits per heavy atom. The summed E-state index contributed by atoms with van der Waals surface area (Å²) in [7, 11) is -3.31. The van der Waals surface area contributed by atoms with Crippen molar-refractivity contribution in [2.75, 3.05) is 12.8 Å². The van der Waals surface area contributed by atoms with Crippen LogP contribution >= 0.6 is 0 Å². The van der Waals surface area contributed by atoms with Gasteiger partial charge in [0.2, 0.25) is 0 Å². The van der Waals surface area contributed by atoms with Gasteiger partial charge in [-0.1, -0.05) is 6.92 Å². The Morgan fingerprint density at radius 1 is 1.24 bits per heavy atom. The van der Waals surface area contributed by atoms with Crippen molar-refractivity contribution < 1.29 is 22.7 Å². The van der Waals surface area contributed by atoms with Crippen LogP contribution in [0.5, 0.6) is 0 Å². The van der Waals surface area contributed by atoms with E-state index in [4.69, 9.17) is 4.74 Å². The molecule has 0 aliphatic carbocycles. The molecule has 1 aromatic rings. The van der Waals surface area contributed by atoms with E-state index in [1.54, 1.807) is 0 Å². The first-order valence-electron chi connectivity index (χ1n) is 6.54. The summed E-state index contributed by atoms with van der Waals surface area (Å²) in [6.45, 7) is 3.91. The van der Waals surface area contributed by atoms with Gasteiger partial charge in [0, 0.05) is 12.8 Å². The highest BCUT2D eigenvalue weighted by atomic mass is 32.2. The van der Waals surface area contributed by atoms with Crippen molar-refractivity contribution in [1.29, 1.82) is 0 Å². The lowest BCUT2D eigenvalue weighted by Crippen LogP contribution is -2.36. The van der Waals surface area contributed by atoms with Crippen LogP contribution in [-0.4, -0.2) is 39.2 Å². The topological polar surface area (TPSA) is 89.5 Å². The first-order valence-corrected chi connectivity index (χ1v) is 8.43. The molecule has 0 fully saturated rings. The lowest BCUT2D eigenvalue weighted by atomic mass is 10.2. The minimum atomic E-state index is -3.31. The van der Waals surface area contributed by atoms with E-state index in [9.17, 15) is 18.0 Å². The van der Waals surface area contributed by atoms with Crippen LogP contribution in [0.2, 0.25) is 0 Å². The molecule has 1 atom stereocenters. The van der Waals surface area contributed by atoms with Crippen LogP contribution in [0.3, 0.4) is 0 Å². The Bertz CT molecular complexity index is 607. The van der Waals surface area contributed by atoms with Crippen LogP contribution in [0, 0.1) is 0 Å². The van der Waals surface area contributed by atoms with E-state index in [0.717, 1.165) is 12.7 Å². The Kier molecular flexibility index (Phi) is 5.90. The van der Waals surface area contributed by atoms with Crippen LogP contribution in [0.25, 0.3) is 0 Å². The van der Waals surface area contributed by atoms with E-state index >= 15 is 0 Å². The number of rotatable bonds is 6. The van der Waals surface area contributed by atoms with E-state index in [-0.39, 0.29) is 16.4 Å². The maximum absolute atomic E-state index is 11.8. The Morgan fingerprint density at radius 3 is 2.29 bits per heavy atom. The van der Waals surface area contributed by atoms with Gasteiger partial charge in [-0.2, -0.15) is 0 Å². The first kappa shape index (κ1) is 17.2. The van der Waals surface area contributed by atoms with Crippen molar-refractivity contribution in [3.05, 3.63) is 29.8 Å². The fourth-order valence-corrected chi connectivity index (χ4v) is 2.14. The summed E-state index contributed by atoms with van der Waals surface area (Å²) in [6, 6.07) is 5.37. The van der Waals surface area contributed by atoms with Crippen molar-refractivity contribution in [2.24, 2.45) is 0 Å². The Hall–Kier alpha value is -1.89. The number of esters is 1. The Labute approximate surface area is 124 Å². The van der Waals surface area contributed by atoms with Gasteiger partial charge in [0.25, 0.3) is 5.91 Å². The zero-order chi connectivity index (χ0) is 16.0. The van der Waals surface area contributed by atoms with Gasteiger partial charge in [0.05, 0.1) is 10.5 Å². The number of carbonyl (C=O) groups is 2. The summed E-state index contributed by atoms with van der Waals surface area (Å²) in [4.78, 5) is 23.5. The largest absolute Gasteiger partial charge is 0.449 e. The molecule has 0 aromatic heterocycles. The number of ether oxygens (including phenoxy) is 1. The predicted octanol–water partition coefficient (Wildman–Crippen LogP) is 1.16. The second-order valence-corrected chi connectivity index (χ2v) is 6.65. The highest BCUT2D eigenvalue weighted by molar-refractivity contribution is 7.90. The molecule has 21 heavy (non-hydrogen) atoms. The highest BCUT2D eigenvalue weighted by Crippen LogP contribution is 2.11. The number of sulfone groups is 1. The van der Waals surface area contributed by atoms with Gasteiger partial charge in [-0.3, -0.25) is 4.79 Å². The van der Waals surface area contributed by atoms with Gasteiger partial charge in [-0.15, -0.1) is 0 Å². The standard InChI is InChI=1S/C14H19NO5S/c1-4-9-15-13(16)10(2)20-14(17)11-5-7-12(8-6-11)21(3,18)19/h5-8,10H,4,9H2,1-3H3,(H,15,16)/t10-/m1/s1. The van der Waals surface area contributed by atoms with E-state index in [0.29, 0.717) is 6.54 Å². The third kappa shape index (κ3) is 5.18. The normalized spacial score (nSPS) is 12.5. The van der Waals surface area contributed by atoms with Crippen LogP contribution < -0.4 is 5.32 Å². The lowest BCUT2D eigenvalue weighted by molar-refractivity contribution is -0.129. The van der Waals surface area contributed by atoms with Crippen molar-refractivity contribution in [3.8, 4) is 0 Å². The van der Waals surface area contributed by atoms with Gasteiger partial charge < -0.3 is 10.1 Å². The number of hydrogen-bond acceptors (Lipinski definition) is 5. The van der Waals surface area contributed by atoms with Crippen LogP contribution in [0.15, 0.2) is 29.2 Å². The molecule has 1 rings (SSSR count). The smallest absolute Gasteiger partial charge is 0.338 e. The number of nitrogens with one attached hydrogen (secondary N) is 1. The zero-order valence-corrected chi connectivity index (χ0v) is 13.1. The Balaban J connectivity index is 2.70. The summed E-state index contributed by atoms with van der Waals surface area (Å²) in [5.41, 5.74) is 0.192. The zero-order valence-electron chi connectivity index (χ0n) is 12.3. The molecule has 0 saturated heterocycles. The molecule has 0 unspecified atom stereocenters. The van der Waals surface area contributed by atoms with E-state index < -0.39 is 21.9 Å². The maximum Gasteiger partial charge on any atom is 0.338 e. The fraction of sp³-hybridized carbons (Fsp3) is 0.429. The first-order chi connectivity index (χ1) is 9.75. The van der Waals surface area contributed by atoms with Gasteiger partial charge in [0.1, 0.15) is 0 Å². The molecule has 0 saturated carbocycles. The highest BCUT2D eigenvalue weighted by Gasteiger charge is 2.18. The molecule has 7 heteroatoms. The van der Waals surface area contributed by atoms with Gasteiger partial charge in [0.15, 0.2) is 15.9 Å². The van der Waals surface area contributed by atoms with Crippen molar-refractivity contribution in [1.82, 2.24) is 5.32 Å². The molecule has 116 valence electrons. The molecule has 0 aliphatic heterocycles. The van der Waals surface area contributed by atoms with Crippen molar-refractivity contribution in [2.45, 2.75) is 31.3 Å². The number of benzene rings is 1. The van der Waals surface area contributed by atoms with Gasteiger partial charge >= 0.3 is 5.97 Å². The van der Waals surface area contributed by atoms with Gasteiger partial charge in [-0.05, 0) is 37.6 Å². The maximum atomic E-state index is 11.8. The third-order valence-corrected chi connectivity index (χ3v) is 3.85. The van der Waals surface area contributed by atoms with E-state index in [1.165, 1.54) is 31.2 Å². The summed E-state index contributed by atoms with van der Waals surface area (Å²) < 4.78 is 27.6. The van der Waals surface area contributed by atoms with Crippen molar-refractivity contribution >= 4 is 21.7 Å². The minimum Gasteiger partial charge on any atom is -0.449 e. The molecule has 0 aliphatic rings. The molecular weight excluding hydrogens is 294 g/mol. The molecule has 1 aromatic carbocycles. The average Bonchev–Trinajstić information content (AvgIpc) is 2.43. The molecule has 1 N–H and O–H groups in total. The van der Waals surface area contributed by atoms with E-state index in [2.05, 4.69) is 5.32 Å². The molecule has 6 nitrogen and oxygen atoms in total. The van der Waals surface area contributed by atoms with Crippen molar-refractivity contribution in [3.63, 3.8) is 0 Å². The molecule has 1 amide bonds. The second-order valence-electron chi connectivity index (χ2n) is 4.64.